The molecule has 0 unspecified atom stereocenters. The molecule has 0 aliphatic carbocycles. The Kier molecular flexibility index (Phi) is 21.8. The van der Waals surface area contributed by atoms with E-state index in [1.807, 2.05) is 13.8 Å². The molecular weight excluding hydrogens is 364 g/mol. The molecular formula is C25H44O4. The van der Waals surface area contributed by atoms with Crippen LogP contribution >= 0.6 is 0 Å². The van der Waals surface area contributed by atoms with Crippen molar-refractivity contribution in [2.45, 2.75) is 91.1 Å². The third-order valence-corrected chi connectivity index (χ3v) is 4.33. The maximum absolute atomic E-state index is 11.7. The van der Waals surface area contributed by atoms with Crippen LogP contribution in [0.15, 0.2) is 36.5 Å². The van der Waals surface area contributed by atoms with Gasteiger partial charge >= 0.3 is 5.97 Å². The van der Waals surface area contributed by atoms with Crippen molar-refractivity contribution in [1.29, 1.82) is 0 Å². The third kappa shape index (κ3) is 22.8. The van der Waals surface area contributed by atoms with Crippen LogP contribution in [0, 0.1) is 0 Å². The lowest BCUT2D eigenvalue weighted by Gasteiger charge is -2.13. The Morgan fingerprint density at radius 1 is 0.828 bits per heavy atom. The fourth-order valence-corrected chi connectivity index (χ4v) is 2.60. The van der Waals surface area contributed by atoms with Gasteiger partial charge in [-0.1, -0.05) is 56.2 Å². The van der Waals surface area contributed by atoms with Gasteiger partial charge in [-0.25, -0.2) is 0 Å². The molecule has 168 valence electrons. The first-order chi connectivity index (χ1) is 14.2. The SMILES string of the molecule is CCCCC/C=C\C/C=C\C/C=C\CCCCC(=O)OC[C@H](C)OCCOCC. The number of ether oxygens (including phenoxy) is 3. The Hall–Kier alpha value is -1.39. The molecule has 0 radical (unpaired) electrons. The van der Waals surface area contributed by atoms with Gasteiger partial charge in [0.15, 0.2) is 0 Å². The molecule has 0 aromatic heterocycles. The van der Waals surface area contributed by atoms with Crippen molar-refractivity contribution in [3.63, 3.8) is 0 Å². The van der Waals surface area contributed by atoms with Crippen molar-refractivity contribution >= 4 is 5.97 Å². The van der Waals surface area contributed by atoms with E-state index in [9.17, 15) is 4.79 Å². The maximum Gasteiger partial charge on any atom is 0.305 e. The predicted octanol–water partition coefficient (Wildman–Crippen LogP) is 6.56. The molecule has 0 amide bonds. The van der Waals surface area contributed by atoms with Crippen LogP contribution in [0.1, 0.15) is 85.0 Å². The number of carbonyl (C=O) groups excluding carboxylic acids is 1. The van der Waals surface area contributed by atoms with Gasteiger partial charge in [0.05, 0.1) is 19.3 Å². The lowest BCUT2D eigenvalue weighted by molar-refractivity contribution is -0.148. The number of rotatable bonds is 20. The van der Waals surface area contributed by atoms with E-state index >= 15 is 0 Å². The molecule has 4 nitrogen and oxygen atoms in total. The van der Waals surface area contributed by atoms with Crippen LogP contribution in [0.4, 0.5) is 0 Å². The van der Waals surface area contributed by atoms with Gasteiger partial charge in [0.25, 0.3) is 0 Å². The zero-order chi connectivity index (χ0) is 21.4. The molecule has 0 bridgehead atoms. The van der Waals surface area contributed by atoms with Crippen molar-refractivity contribution in [3.05, 3.63) is 36.5 Å². The molecule has 0 rings (SSSR count). The number of hydrogen-bond acceptors (Lipinski definition) is 4. The predicted molar refractivity (Wildman–Crippen MR) is 122 cm³/mol. The molecule has 0 fully saturated rings. The summed E-state index contributed by atoms with van der Waals surface area (Å²) in [6.45, 7) is 8.20. The van der Waals surface area contributed by atoms with Crippen LogP contribution in [-0.2, 0) is 19.0 Å². The molecule has 0 aromatic carbocycles. The summed E-state index contributed by atoms with van der Waals surface area (Å²) >= 11 is 0. The van der Waals surface area contributed by atoms with E-state index in [1.165, 1.54) is 25.7 Å². The molecule has 0 aliphatic rings. The van der Waals surface area contributed by atoms with E-state index in [-0.39, 0.29) is 12.1 Å². The van der Waals surface area contributed by atoms with Crippen LogP contribution in [0.3, 0.4) is 0 Å². The zero-order valence-electron chi connectivity index (χ0n) is 19.1. The Labute approximate surface area is 179 Å². The second-order valence-electron chi connectivity index (χ2n) is 7.19. The lowest BCUT2D eigenvalue weighted by Crippen LogP contribution is -2.21. The van der Waals surface area contributed by atoms with Gasteiger partial charge in [0.1, 0.15) is 6.61 Å². The van der Waals surface area contributed by atoms with Crippen molar-refractivity contribution in [3.8, 4) is 0 Å². The number of unbranched alkanes of at least 4 members (excludes halogenated alkanes) is 5. The summed E-state index contributed by atoms with van der Waals surface area (Å²) in [5.41, 5.74) is 0. The highest BCUT2D eigenvalue weighted by Gasteiger charge is 2.07. The highest BCUT2D eigenvalue weighted by molar-refractivity contribution is 5.69. The minimum absolute atomic E-state index is 0.0908. The monoisotopic (exact) mass is 408 g/mol. The Morgan fingerprint density at radius 2 is 1.45 bits per heavy atom. The van der Waals surface area contributed by atoms with Crippen LogP contribution < -0.4 is 0 Å². The normalized spacial score (nSPS) is 13.1. The summed E-state index contributed by atoms with van der Waals surface area (Å²) < 4.78 is 15.9. The smallest absolute Gasteiger partial charge is 0.305 e. The van der Waals surface area contributed by atoms with E-state index in [0.717, 1.165) is 32.1 Å². The van der Waals surface area contributed by atoms with Crippen molar-refractivity contribution in [2.24, 2.45) is 0 Å². The molecule has 0 aliphatic heterocycles. The summed E-state index contributed by atoms with van der Waals surface area (Å²) in [7, 11) is 0. The molecule has 4 heteroatoms. The molecule has 0 saturated heterocycles. The van der Waals surface area contributed by atoms with E-state index in [2.05, 4.69) is 43.4 Å². The minimum atomic E-state index is -0.139. The van der Waals surface area contributed by atoms with Crippen LogP contribution in [0.2, 0.25) is 0 Å². The first kappa shape index (κ1) is 27.6. The second kappa shape index (κ2) is 22.9. The first-order valence-corrected chi connectivity index (χ1v) is 11.5. The Bertz CT molecular complexity index is 440. The summed E-state index contributed by atoms with van der Waals surface area (Å²) in [4.78, 5) is 11.7. The van der Waals surface area contributed by atoms with E-state index in [4.69, 9.17) is 14.2 Å². The van der Waals surface area contributed by atoms with Crippen LogP contribution in [0.25, 0.3) is 0 Å². The van der Waals surface area contributed by atoms with Crippen LogP contribution in [-0.4, -0.2) is 38.5 Å². The fraction of sp³-hybridized carbons (Fsp3) is 0.720. The van der Waals surface area contributed by atoms with Gasteiger partial charge in [-0.05, 0) is 58.8 Å². The average molecular weight is 409 g/mol. The molecule has 0 heterocycles. The van der Waals surface area contributed by atoms with Gasteiger partial charge in [-0.3, -0.25) is 4.79 Å². The van der Waals surface area contributed by atoms with Gasteiger partial charge in [-0.2, -0.15) is 0 Å². The number of allylic oxidation sites excluding steroid dienone is 6. The van der Waals surface area contributed by atoms with Gasteiger partial charge in [0, 0.05) is 13.0 Å². The standard InChI is InChI=1S/C25H44O4/c1-4-6-7-8-9-10-11-12-13-14-15-16-17-18-19-20-25(26)29-23-24(3)28-22-21-27-5-2/h9-10,12-13,15-16,24H,4-8,11,14,17-23H2,1-3H3/b10-9-,13-12-,16-15-/t24-/m0/s1. The van der Waals surface area contributed by atoms with E-state index < -0.39 is 0 Å². The quantitative estimate of drug-likeness (QED) is 0.130. The van der Waals surface area contributed by atoms with Crippen molar-refractivity contribution in [1.82, 2.24) is 0 Å². The second-order valence-corrected chi connectivity index (χ2v) is 7.19. The highest BCUT2D eigenvalue weighted by Crippen LogP contribution is 2.04. The fourth-order valence-electron chi connectivity index (χ4n) is 2.60. The molecule has 0 N–H and O–H groups in total. The molecule has 29 heavy (non-hydrogen) atoms. The molecule has 0 spiro atoms. The molecule has 0 saturated carbocycles. The van der Waals surface area contributed by atoms with Crippen molar-refractivity contribution < 1.29 is 19.0 Å². The van der Waals surface area contributed by atoms with Crippen LogP contribution in [0.5, 0.6) is 0 Å². The first-order valence-electron chi connectivity index (χ1n) is 11.5. The summed E-state index contributed by atoms with van der Waals surface area (Å²) in [5.74, 6) is -0.139. The van der Waals surface area contributed by atoms with Gasteiger partial charge < -0.3 is 14.2 Å². The lowest BCUT2D eigenvalue weighted by atomic mass is 10.1. The maximum atomic E-state index is 11.7. The number of carbonyl (C=O) groups is 1. The molecule has 0 aromatic rings. The molecule has 1 atom stereocenters. The summed E-state index contributed by atoms with van der Waals surface area (Å²) in [6.07, 6.45) is 23.8. The number of esters is 1. The van der Waals surface area contributed by atoms with E-state index in [1.54, 1.807) is 0 Å². The average Bonchev–Trinajstić information content (AvgIpc) is 2.72. The largest absolute Gasteiger partial charge is 0.463 e. The summed E-state index contributed by atoms with van der Waals surface area (Å²) in [5, 5.41) is 0. The third-order valence-electron chi connectivity index (χ3n) is 4.33. The Balaban J connectivity index is 3.47. The van der Waals surface area contributed by atoms with Gasteiger partial charge in [-0.15, -0.1) is 0 Å². The topological polar surface area (TPSA) is 44.8 Å². The Morgan fingerprint density at radius 3 is 2.07 bits per heavy atom. The van der Waals surface area contributed by atoms with E-state index in [0.29, 0.717) is 32.8 Å². The van der Waals surface area contributed by atoms with Gasteiger partial charge in [0.2, 0.25) is 0 Å². The summed E-state index contributed by atoms with van der Waals surface area (Å²) in [6, 6.07) is 0. The number of hydrogen-bond donors (Lipinski definition) is 0. The zero-order valence-corrected chi connectivity index (χ0v) is 19.1. The highest BCUT2D eigenvalue weighted by atomic mass is 16.6. The van der Waals surface area contributed by atoms with Crippen molar-refractivity contribution in [2.75, 3.05) is 26.4 Å². The minimum Gasteiger partial charge on any atom is -0.463 e.